The van der Waals surface area contributed by atoms with Gasteiger partial charge >= 0.3 is 0 Å². The Hall–Kier alpha value is -1.18. The Labute approximate surface area is 66.4 Å². The molecule has 0 saturated heterocycles. The van der Waals surface area contributed by atoms with E-state index in [2.05, 4.69) is 25.2 Å². The molecule has 1 aromatic carbocycles. The Morgan fingerprint density at radius 1 is 1.36 bits per heavy atom. The molecule has 0 radical (unpaired) electrons. The highest BCUT2D eigenvalue weighted by atomic mass is 15.0. The minimum absolute atomic E-state index is 0.142. The molecule has 0 bridgehead atoms. The zero-order valence-electron chi connectivity index (χ0n) is 6.81. The summed E-state index contributed by atoms with van der Waals surface area (Å²) in [4.78, 5) is 0. The zero-order chi connectivity index (χ0) is 8.06. The van der Waals surface area contributed by atoms with Gasteiger partial charge in [0.05, 0.1) is 5.54 Å². The van der Waals surface area contributed by atoms with Gasteiger partial charge in [-0.05, 0) is 26.0 Å². The van der Waals surface area contributed by atoms with E-state index in [4.69, 9.17) is 5.73 Å². The summed E-state index contributed by atoms with van der Waals surface area (Å²) < 4.78 is 0. The van der Waals surface area contributed by atoms with Crippen LogP contribution in [-0.2, 0) is 5.54 Å². The Bertz CT molecular complexity index is 302. The second-order valence-electron chi connectivity index (χ2n) is 3.56. The average molecular weight is 148 g/mol. The van der Waals surface area contributed by atoms with Gasteiger partial charge in [0.2, 0.25) is 0 Å². The van der Waals surface area contributed by atoms with Crippen molar-refractivity contribution in [1.29, 1.82) is 0 Å². The van der Waals surface area contributed by atoms with E-state index in [1.54, 1.807) is 0 Å². The predicted molar refractivity (Wildman–Crippen MR) is 47.5 cm³/mol. The van der Waals surface area contributed by atoms with Crippen LogP contribution in [0.2, 0.25) is 0 Å². The molecule has 1 aliphatic rings. The third kappa shape index (κ3) is 0.788. The third-order valence-corrected chi connectivity index (χ3v) is 2.16. The van der Waals surface area contributed by atoms with Gasteiger partial charge in [0.1, 0.15) is 0 Å². The van der Waals surface area contributed by atoms with Crippen LogP contribution in [0.1, 0.15) is 19.4 Å². The summed E-state index contributed by atoms with van der Waals surface area (Å²) in [5, 5.41) is 3.32. The lowest BCUT2D eigenvalue weighted by Crippen LogP contribution is -2.38. The van der Waals surface area contributed by atoms with Gasteiger partial charge in [-0.25, -0.2) is 0 Å². The molecule has 1 heterocycles. The van der Waals surface area contributed by atoms with Crippen molar-refractivity contribution < 1.29 is 0 Å². The van der Waals surface area contributed by atoms with Crippen LogP contribution in [0, 0.1) is 0 Å². The second kappa shape index (κ2) is 1.70. The fourth-order valence-electron chi connectivity index (χ4n) is 1.55. The standard InChI is InChI=1S/C9H12N2/c1-9(2)7-4-3-6(10)5-8(7)11-9/h3-5,11H,10H2,1-2H3. The number of hydrogen-bond donors (Lipinski definition) is 2. The van der Waals surface area contributed by atoms with Crippen molar-refractivity contribution in [3.05, 3.63) is 23.8 Å². The molecule has 0 atom stereocenters. The van der Waals surface area contributed by atoms with Crippen molar-refractivity contribution in [2.24, 2.45) is 0 Å². The van der Waals surface area contributed by atoms with Crippen LogP contribution in [-0.4, -0.2) is 0 Å². The number of nitrogens with one attached hydrogen (secondary N) is 1. The molecule has 2 rings (SSSR count). The molecule has 2 nitrogen and oxygen atoms in total. The third-order valence-electron chi connectivity index (χ3n) is 2.16. The molecule has 0 aromatic heterocycles. The van der Waals surface area contributed by atoms with Crippen LogP contribution in [0.5, 0.6) is 0 Å². The lowest BCUT2D eigenvalue weighted by Gasteiger charge is -2.40. The molecule has 3 N–H and O–H groups in total. The molecule has 11 heavy (non-hydrogen) atoms. The van der Waals surface area contributed by atoms with Crippen molar-refractivity contribution in [3.63, 3.8) is 0 Å². The van der Waals surface area contributed by atoms with Crippen LogP contribution in [0.25, 0.3) is 0 Å². The summed E-state index contributed by atoms with van der Waals surface area (Å²) in [5.74, 6) is 0. The van der Waals surface area contributed by atoms with Crippen molar-refractivity contribution in [2.75, 3.05) is 11.1 Å². The summed E-state index contributed by atoms with van der Waals surface area (Å²) in [7, 11) is 0. The first-order chi connectivity index (χ1) is 5.09. The quantitative estimate of drug-likeness (QED) is 0.552. The Kier molecular flexibility index (Phi) is 1.01. The zero-order valence-corrected chi connectivity index (χ0v) is 6.81. The second-order valence-corrected chi connectivity index (χ2v) is 3.56. The maximum absolute atomic E-state index is 5.61. The van der Waals surface area contributed by atoms with Crippen molar-refractivity contribution in [1.82, 2.24) is 0 Å². The first kappa shape index (κ1) is 6.53. The first-order valence-corrected chi connectivity index (χ1v) is 3.78. The van der Waals surface area contributed by atoms with E-state index in [9.17, 15) is 0 Å². The fraction of sp³-hybridized carbons (Fsp3) is 0.333. The van der Waals surface area contributed by atoms with Gasteiger partial charge in [0.15, 0.2) is 0 Å². The summed E-state index contributed by atoms with van der Waals surface area (Å²) in [6, 6.07) is 6.00. The van der Waals surface area contributed by atoms with Gasteiger partial charge in [-0.1, -0.05) is 6.07 Å². The SMILES string of the molecule is CC1(C)Nc2cc(N)ccc21. The van der Waals surface area contributed by atoms with Gasteiger partial charge in [-0.15, -0.1) is 0 Å². The van der Waals surface area contributed by atoms with Crippen molar-refractivity contribution in [3.8, 4) is 0 Å². The molecule has 0 unspecified atom stereocenters. The maximum Gasteiger partial charge on any atom is 0.0589 e. The fourth-order valence-corrected chi connectivity index (χ4v) is 1.55. The van der Waals surface area contributed by atoms with E-state index in [0.717, 1.165) is 5.69 Å². The first-order valence-electron chi connectivity index (χ1n) is 3.78. The highest BCUT2D eigenvalue weighted by Gasteiger charge is 2.32. The minimum Gasteiger partial charge on any atom is -0.399 e. The summed E-state index contributed by atoms with van der Waals surface area (Å²) >= 11 is 0. The lowest BCUT2D eigenvalue weighted by atomic mass is 9.85. The van der Waals surface area contributed by atoms with Gasteiger partial charge in [-0.3, -0.25) is 0 Å². The normalized spacial score (nSPS) is 18.0. The predicted octanol–water partition coefficient (Wildman–Crippen LogP) is 1.93. The Morgan fingerprint density at radius 3 is 2.64 bits per heavy atom. The number of fused-ring (bicyclic) bond motifs is 1. The van der Waals surface area contributed by atoms with Gasteiger partial charge < -0.3 is 11.1 Å². The average Bonchev–Trinajstić information content (AvgIpc) is 1.85. The maximum atomic E-state index is 5.61. The molecule has 2 heteroatoms. The van der Waals surface area contributed by atoms with E-state index < -0.39 is 0 Å². The summed E-state index contributed by atoms with van der Waals surface area (Å²) in [6.07, 6.45) is 0. The van der Waals surface area contributed by atoms with Gasteiger partial charge in [0.25, 0.3) is 0 Å². The number of nitrogens with two attached hydrogens (primary N) is 1. The molecule has 0 fully saturated rings. The number of nitrogen functional groups attached to an aromatic ring is 1. The number of rotatable bonds is 0. The molecule has 0 saturated carbocycles. The van der Waals surface area contributed by atoms with E-state index >= 15 is 0 Å². The number of anilines is 2. The minimum atomic E-state index is 0.142. The van der Waals surface area contributed by atoms with E-state index in [0.29, 0.717) is 0 Å². The van der Waals surface area contributed by atoms with Gasteiger partial charge in [-0.2, -0.15) is 0 Å². The van der Waals surface area contributed by atoms with E-state index in [1.165, 1.54) is 11.3 Å². The Morgan fingerprint density at radius 2 is 2.09 bits per heavy atom. The van der Waals surface area contributed by atoms with Gasteiger partial charge in [0, 0.05) is 16.9 Å². The lowest BCUT2D eigenvalue weighted by molar-refractivity contribution is 0.564. The molecule has 0 spiro atoms. The topological polar surface area (TPSA) is 38.0 Å². The summed E-state index contributed by atoms with van der Waals surface area (Å²) in [5.41, 5.74) is 9.11. The molecule has 1 aliphatic heterocycles. The van der Waals surface area contributed by atoms with Crippen LogP contribution >= 0.6 is 0 Å². The Balaban J connectivity index is 2.51. The highest BCUT2D eigenvalue weighted by molar-refractivity contribution is 5.70. The molecule has 0 amide bonds. The summed E-state index contributed by atoms with van der Waals surface area (Å²) in [6.45, 7) is 4.32. The monoisotopic (exact) mass is 148 g/mol. The van der Waals surface area contributed by atoms with Crippen LogP contribution in [0.15, 0.2) is 18.2 Å². The highest BCUT2D eigenvalue weighted by Crippen LogP contribution is 2.41. The van der Waals surface area contributed by atoms with Crippen LogP contribution in [0.4, 0.5) is 11.4 Å². The van der Waals surface area contributed by atoms with Crippen LogP contribution in [0.3, 0.4) is 0 Å². The van der Waals surface area contributed by atoms with E-state index in [-0.39, 0.29) is 5.54 Å². The molecule has 0 aliphatic carbocycles. The van der Waals surface area contributed by atoms with Crippen molar-refractivity contribution in [2.45, 2.75) is 19.4 Å². The molecular formula is C9H12N2. The van der Waals surface area contributed by atoms with Crippen molar-refractivity contribution >= 4 is 11.4 Å². The molecule has 58 valence electrons. The van der Waals surface area contributed by atoms with E-state index in [1.807, 2.05) is 12.1 Å². The van der Waals surface area contributed by atoms with Crippen LogP contribution < -0.4 is 11.1 Å². The smallest absolute Gasteiger partial charge is 0.0589 e. The molecule has 1 aromatic rings. The number of benzene rings is 1. The molecular weight excluding hydrogens is 136 g/mol. The largest absolute Gasteiger partial charge is 0.399 e. The number of hydrogen-bond acceptors (Lipinski definition) is 2.